The molecular formula is C17H18Cl2N2. The Morgan fingerprint density at radius 3 is 2.10 bits per heavy atom. The molecule has 0 amide bonds. The van der Waals surface area contributed by atoms with Crippen LogP contribution < -0.4 is 5.73 Å². The Bertz CT molecular complexity index is 612. The van der Waals surface area contributed by atoms with Crippen LogP contribution in [0.2, 0.25) is 10.0 Å². The van der Waals surface area contributed by atoms with Crippen molar-refractivity contribution < 1.29 is 0 Å². The Morgan fingerprint density at radius 1 is 1.00 bits per heavy atom. The molecule has 2 aromatic carbocycles. The average Bonchev–Trinajstić information content (AvgIpc) is 2.37. The molecule has 4 heteroatoms. The molecule has 21 heavy (non-hydrogen) atoms. The van der Waals surface area contributed by atoms with Crippen molar-refractivity contribution in [3.63, 3.8) is 0 Å². The fourth-order valence-corrected chi connectivity index (χ4v) is 3.59. The van der Waals surface area contributed by atoms with E-state index in [-0.39, 0.29) is 11.6 Å². The molecule has 0 spiro atoms. The summed E-state index contributed by atoms with van der Waals surface area (Å²) in [7, 11) is 0. The highest BCUT2D eigenvalue weighted by molar-refractivity contribution is 6.34. The molecule has 3 rings (SSSR count). The summed E-state index contributed by atoms with van der Waals surface area (Å²) in [6.07, 6.45) is 0. The third-order valence-electron chi connectivity index (χ3n) is 3.81. The monoisotopic (exact) mass is 320 g/mol. The van der Waals surface area contributed by atoms with Gasteiger partial charge in [0.25, 0.3) is 0 Å². The smallest absolute Gasteiger partial charge is 0.0604 e. The van der Waals surface area contributed by atoms with E-state index in [1.165, 1.54) is 5.56 Å². The van der Waals surface area contributed by atoms with E-state index in [9.17, 15) is 0 Å². The predicted octanol–water partition coefficient (Wildman–Crippen LogP) is 4.12. The van der Waals surface area contributed by atoms with Gasteiger partial charge in [-0.15, -0.1) is 0 Å². The van der Waals surface area contributed by atoms with Crippen LogP contribution in [-0.2, 0) is 0 Å². The number of hydrogen-bond donors (Lipinski definition) is 1. The number of nitrogens with zero attached hydrogens (tertiary/aromatic N) is 1. The summed E-state index contributed by atoms with van der Waals surface area (Å²) >= 11 is 12.4. The van der Waals surface area contributed by atoms with E-state index >= 15 is 0 Å². The van der Waals surface area contributed by atoms with Crippen LogP contribution in [0.25, 0.3) is 0 Å². The molecular weight excluding hydrogens is 303 g/mol. The maximum Gasteiger partial charge on any atom is 0.0604 e. The molecule has 0 saturated carbocycles. The van der Waals surface area contributed by atoms with Crippen molar-refractivity contribution >= 4 is 23.2 Å². The van der Waals surface area contributed by atoms with Crippen molar-refractivity contribution in [3.8, 4) is 0 Å². The fourth-order valence-electron chi connectivity index (χ4n) is 3.05. The van der Waals surface area contributed by atoms with E-state index in [2.05, 4.69) is 36.1 Å². The molecule has 2 aromatic rings. The largest absolute Gasteiger partial charge is 0.323 e. The molecule has 0 aromatic heterocycles. The molecule has 1 saturated heterocycles. The molecule has 0 aliphatic carbocycles. The van der Waals surface area contributed by atoms with Crippen LogP contribution >= 0.6 is 23.2 Å². The standard InChI is InChI=1S/C17H18Cl2N2/c1-17(20)10-21(11-17)16(12-5-3-2-4-6-12)13-7-14(18)9-15(19)8-13/h2-9,16H,10-11,20H2,1H3. The van der Waals surface area contributed by atoms with Crippen molar-refractivity contribution in [1.82, 2.24) is 4.90 Å². The lowest BCUT2D eigenvalue weighted by molar-refractivity contribution is 0.0544. The van der Waals surface area contributed by atoms with E-state index in [0.29, 0.717) is 10.0 Å². The van der Waals surface area contributed by atoms with Gasteiger partial charge in [0, 0.05) is 28.7 Å². The molecule has 1 fully saturated rings. The summed E-state index contributed by atoms with van der Waals surface area (Å²) in [4.78, 5) is 2.36. The van der Waals surface area contributed by atoms with Crippen LogP contribution in [0.1, 0.15) is 24.1 Å². The number of nitrogens with two attached hydrogens (primary N) is 1. The summed E-state index contributed by atoms with van der Waals surface area (Å²) in [5.74, 6) is 0. The Morgan fingerprint density at radius 2 is 1.57 bits per heavy atom. The number of rotatable bonds is 3. The van der Waals surface area contributed by atoms with Gasteiger partial charge in [-0.25, -0.2) is 0 Å². The highest BCUT2D eigenvalue weighted by Gasteiger charge is 2.39. The third-order valence-corrected chi connectivity index (χ3v) is 4.25. The first-order valence-electron chi connectivity index (χ1n) is 6.98. The molecule has 1 heterocycles. The van der Waals surface area contributed by atoms with E-state index in [1.807, 2.05) is 18.2 Å². The van der Waals surface area contributed by atoms with Gasteiger partial charge in [-0.1, -0.05) is 53.5 Å². The lowest BCUT2D eigenvalue weighted by Crippen LogP contribution is -2.66. The van der Waals surface area contributed by atoms with E-state index in [1.54, 1.807) is 6.07 Å². The molecule has 2 N–H and O–H groups in total. The van der Waals surface area contributed by atoms with Crippen LogP contribution in [0.5, 0.6) is 0 Å². The highest BCUT2D eigenvalue weighted by atomic mass is 35.5. The number of hydrogen-bond acceptors (Lipinski definition) is 2. The Balaban J connectivity index is 2.00. The fraction of sp³-hybridized carbons (Fsp3) is 0.294. The van der Waals surface area contributed by atoms with Crippen molar-refractivity contribution in [2.45, 2.75) is 18.5 Å². The van der Waals surface area contributed by atoms with Crippen LogP contribution in [0.4, 0.5) is 0 Å². The first-order valence-corrected chi connectivity index (χ1v) is 7.74. The van der Waals surface area contributed by atoms with Crippen LogP contribution in [0.3, 0.4) is 0 Å². The topological polar surface area (TPSA) is 29.3 Å². The van der Waals surface area contributed by atoms with Gasteiger partial charge in [0.2, 0.25) is 0 Å². The van der Waals surface area contributed by atoms with Crippen molar-refractivity contribution in [2.24, 2.45) is 5.73 Å². The van der Waals surface area contributed by atoms with E-state index in [0.717, 1.165) is 18.7 Å². The average molecular weight is 321 g/mol. The minimum absolute atomic E-state index is 0.116. The molecule has 1 unspecified atom stereocenters. The SMILES string of the molecule is CC1(N)CN(C(c2ccccc2)c2cc(Cl)cc(Cl)c2)C1. The summed E-state index contributed by atoms with van der Waals surface area (Å²) in [6, 6.07) is 16.3. The Labute approximate surface area is 135 Å². The van der Waals surface area contributed by atoms with Gasteiger partial charge in [0.1, 0.15) is 0 Å². The minimum Gasteiger partial charge on any atom is -0.323 e. The third kappa shape index (κ3) is 3.24. The summed E-state index contributed by atoms with van der Waals surface area (Å²) in [6.45, 7) is 3.80. The summed E-state index contributed by atoms with van der Waals surface area (Å²) in [5.41, 5.74) is 8.39. The normalized spacial score (nSPS) is 19.0. The van der Waals surface area contributed by atoms with Gasteiger partial charge in [0.15, 0.2) is 0 Å². The van der Waals surface area contributed by atoms with Crippen LogP contribution in [0.15, 0.2) is 48.5 Å². The van der Waals surface area contributed by atoms with Gasteiger partial charge in [-0.3, -0.25) is 4.90 Å². The zero-order valence-electron chi connectivity index (χ0n) is 11.9. The lowest BCUT2D eigenvalue weighted by Gasteiger charge is -2.49. The predicted molar refractivity (Wildman–Crippen MR) is 88.9 cm³/mol. The maximum atomic E-state index is 6.18. The van der Waals surface area contributed by atoms with Crippen molar-refractivity contribution in [2.75, 3.05) is 13.1 Å². The van der Waals surface area contributed by atoms with Gasteiger partial charge in [-0.2, -0.15) is 0 Å². The number of likely N-dealkylation sites (tertiary alicyclic amines) is 1. The molecule has 2 nitrogen and oxygen atoms in total. The van der Waals surface area contributed by atoms with Crippen molar-refractivity contribution in [3.05, 3.63) is 69.7 Å². The second-order valence-electron chi connectivity index (χ2n) is 6.08. The zero-order chi connectivity index (χ0) is 15.0. The minimum atomic E-state index is -0.116. The first-order chi connectivity index (χ1) is 9.94. The quantitative estimate of drug-likeness (QED) is 0.921. The van der Waals surface area contributed by atoms with Gasteiger partial charge in [-0.05, 0) is 36.2 Å². The first kappa shape index (κ1) is 14.9. The van der Waals surface area contributed by atoms with Gasteiger partial charge in [0.05, 0.1) is 6.04 Å². The van der Waals surface area contributed by atoms with Crippen LogP contribution in [0, 0.1) is 0 Å². The van der Waals surface area contributed by atoms with Gasteiger partial charge < -0.3 is 5.73 Å². The molecule has 1 atom stereocenters. The zero-order valence-corrected chi connectivity index (χ0v) is 13.4. The number of halogens is 2. The van der Waals surface area contributed by atoms with Crippen LogP contribution in [-0.4, -0.2) is 23.5 Å². The molecule has 0 radical (unpaired) electrons. The van der Waals surface area contributed by atoms with E-state index in [4.69, 9.17) is 28.9 Å². The second-order valence-corrected chi connectivity index (χ2v) is 6.95. The lowest BCUT2D eigenvalue weighted by atomic mass is 9.87. The second kappa shape index (κ2) is 5.62. The summed E-state index contributed by atoms with van der Waals surface area (Å²) < 4.78 is 0. The Kier molecular flexibility index (Phi) is 3.98. The molecule has 1 aliphatic rings. The Hall–Kier alpha value is -1.06. The maximum absolute atomic E-state index is 6.18. The highest BCUT2D eigenvalue weighted by Crippen LogP contribution is 2.36. The van der Waals surface area contributed by atoms with Crippen molar-refractivity contribution in [1.29, 1.82) is 0 Å². The molecule has 1 aliphatic heterocycles. The summed E-state index contributed by atoms with van der Waals surface area (Å²) in [5, 5.41) is 1.32. The number of benzene rings is 2. The van der Waals surface area contributed by atoms with E-state index < -0.39 is 0 Å². The molecule has 0 bridgehead atoms. The molecule has 110 valence electrons. The van der Waals surface area contributed by atoms with Gasteiger partial charge >= 0.3 is 0 Å².